The first-order valence-electron chi connectivity index (χ1n) is 12.0. The maximum atomic E-state index is 13.1. The van der Waals surface area contributed by atoms with E-state index in [2.05, 4.69) is 10.1 Å². The van der Waals surface area contributed by atoms with E-state index in [9.17, 15) is 14.3 Å². The first-order chi connectivity index (χ1) is 18.5. The van der Waals surface area contributed by atoms with Crippen LogP contribution in [0.1, 0.15) is 18.1 Å². The quantitative estimate of drug-likeness (QED) is 0.146. The van der Waals surface area contributed by atoms with E-state index < -0.39 is 17.9 Å². The molecule has 0 bridgehead atoms. The second-order valence-electron chi connectivity index (χ2n) is 8.40. The van der Waals surface area contributed by atoms with Gasteiger partial charge in [-0.1, -0.05) is 47.6 Å². The van der Waals surface area contributed by atoms with E-state index in [0.717, 1.165) is 28.1 Å². The van der Waals surface area contributed by atoms with Gasteiger partial charge in [0.15, 0.2) is 12.7 Å². The number of carboxylic acid groups (broad SMARTS) is 1. The van der Waals surface area contributed by atoms with Gasteiger partial charge >= 0.3 is 5.97 Å². The van der Waals surface area contributed by atoms with Crippen molar-refractivity contribution in [1.82, 2.24) is 4.98 Å². The van der Waals surface area contributed by atoms with Gasteiger partial charge in [0, 0.05) is 18.2 Å². The molecule has 0 spiro atoms. The van der Waals surface area contributed by atoms with Crippen LogP contribution in [0, 0.1) is 5.82 Å². The number of oxime groups is 1. The molecule has 0 saturated heterocycles. The van der Waals surface area contributed by atoms with Crippen LogP contribution in [0.3, 0.4) is 0 Å². The summed E-state index contributed by atoms with van der Waals surface area (Å²) in [5, 5.41) is 13.7. The third kappa shape index (κ3) is 7.64. The molecule has 0 amide bonds. The van der Waals surface area contributed by atoms with Crippen LogP contribution in [0.4, 0.5) is 4.39 Å². The summed E-state index contributed by atoms with van der Waals surface area (Å²) in [6.45, 7) is 2.43. The van der Waals surface area contributed by atoms with Gasteiger partial charge in [0.2, 0.25) is 0 Å². The Balaban J connectivity index is 1.21. The molecule has 8 heteroatoms. The highest BCUT2D eigenvalue weighted by Gasteiger charge is 2.20. The van der Waals surface area contributed by atoms with E-state index in [1.165, 1.54) is 24.3 Å². The number of hydrogen-bond donors (Lipinski definition) is 1. The molecule has 0 aliphatic heterocycles. The number of ether oxygens (including phenoxy) is 2. The van der Waals surface area contributed by atoms with E-state index in [-0.39, 0.29) is 18.8 Å². The Morgan fingerprint density at radius 1 is 0.921 bits per heavy atom. The highest BCUT2D eigenvalue weighted by molar-refractivity contribution is 5.98. The molecule has 1 unspecified atom stereocenters. The van der Waals surface area contributed by atoms with Gasteiger partial charge < -0.3 is 19.4 Å². The number of carboxylic acids is 1. The second-order valence-corrected chi connectivity index (χ2v) is 8.40. The molecular weight excluding hydrogens is 487 g/mol. The van der Waals surface area contributed by atoms with E-state index in [0.29, 0.717) is 12.4 Å². The maximum Gasteiger partial charge on any atom is 0.345 e. The molecule has 0 radical (unpaired) electrons. The minimum absolute atomic E-state index is 0.146. The van der Waals surface area contributed by atoms with Gasteiger partial charge in [-0.2, -0.15) is 0 Å². The van der Waals surface area contributed by atoms with Crippen molar-refractivity contribution >= 4 is 11.7 Å². The Labute approximate surface area is 220 Å². The highest BCUT2D eigenvalue weighted by atomic mass is 19.1. The van der Waals surface area contributed by atoms with Gasteiger partial charge in [-0.05, 0) is 66.6 Å². The number of rotatable bonds is 12. The lowest BCUT2D eigenvalue weighted by Gasteiger charge is -2.15. The monoisotopic (exact) mass is 514 g/mol. The summed E-state index contributed by atoms with van der Waals surface area (Å²) < 4.78 is 24.3. The molecule has 38 heavy (non-hydrogen) atoms. The van der Waals surface area contributed by atoms with Crippen LogP contribution in [-0.2, 0) is 16.1 Å². The predicted molar refractivity (Wildman–Crippen MR) is 142 cm³/mol. The molecule has 4 rings (SSSR count). The van der Waals surface area contributed by atoms with Gasteiger partial charge in [0.05, 0.1) is 11.4 Å². The van der Waals surface area contributed by atoms with Crippen molar-refractivity contribution in [2.45, 2.75) is 19.4 Å². The number of aromatic nitrogens is 1. The zero-order valence-electron chi connectivity index (χ0n) is 20.8. The number of carbonyl (C=O) groups is 1. The zero-order valence-corrected chi connectivity index (χ0v) is 20.8. The molecule has 1 N–H and O–H groups in total. The summed E-state index contributed by atoms with van der Waals surface area (Å²) >= 11 is 0. The summed E-state index contributed by atoms with van der Waals surface area (Å²) in [4.78, 5) is 21.4. The first-order valence-corrected chi connectivity index (χ1v) is 12.0. The number of pyridine rings is 1. The fourth-order valence-corrected chi connectivity index (χ4v) is 3.60. The van der Waals surface area contributed by atoms with Crippen molar-refractivity contribution in [2.75, 3.05) is 13.2 Å². The second kappa shape index (κ2) is 13.0. The smallest absolute Gasteiger partial charge is 0.345 e. The SMILES string of the molecule is C/C(=N\OCCOc1ccc(CC(Oc2ccc(F)cc2)C(=O)O)cc1)c1ccc(-c2ccccn2)cc1. The molecule has 1 aromatic heterocycles. The number of nitrogens with zero attached hydrogens (tertiary/aromatic N) is 2. The first kappa shape index (κ1) is 26.3. The Hall–Kier alpha value is -4.72. The molecule has 194 valence electrons. The maximum absolute atomic E-state index is 13.1. The third-order valence-electron chi connectivity index (χ3n) is 5.62. The van der Waals surface area contributed by atoms with Gasteiger partial charge in [0.25, 0.3) is 0 Å². The summed E-state index contributed by atoms with van der Waals surface area (Å²) in [5.41, 5.74) is 4.40. The van der Waals surface area contributed by atoms with Gasteiger partial charge in [-0.15, -0.1) is 0 Å². The molecule has 1 atom stereocenters. The van der Waals surface area contributed by atoms with E-state index in [1.54, 1.807) is 30.5 Å². The van der Waals surface area contributed by atoms with Crippen molar-refractivity contribution in [3.63, 3.8) is 0 Å². The number of halogens is 1. The summed E-state index contributed by atoms with van der Waals surface area (Å²) in [7, 11) is 0. The van der Waals surface area contributed by atoms with Gasteiger partial charge in [-0.3, -0.25) is 4.98 Å². The van der Waals surface area contributed by atoms with Crippen LogP contribution in [0.25, 0.3) is 11.3 Å². The van der Waals surface area contributed by atoms with E-state index in [4.69, 9.17) is 14.3 Å². The van der Waals surface area contributed by atoms with Crippen molar-refractivity contribution in [2.24, 2.45) is 5.16 Å². The van der Waals surface area contributed by atoms with Crippen molar-refractivity contribution in [3.05, 3.63) is 114 Å². The molecule has 7 nitrogen and oxygen atoms in total. The van der Waals surface area contributed by atoms with Crippen molar-refractivity contribution < 1.29 is 28.6 Å². The van der Waals surface area contributed by atoms with Crippen LogP contribution in [0.5, 0.6) is 11.5 Å². The molecule has 1 heterocycles. The van der Waals surface area contributed by atoms with Crippen LogP contribution < -0.4 is 9.47 Å². The van der Waals surface area contributed by atoms with Gasteiger partial charge in [-0.25, -0.2) is 9.18 Å². The van der Waals surface area contributed by atoms with E-state index >= 15 is 0 Å². The summed E-state index contributed by atoms with van der Waals surface area (Å²) in [6.07, 6.45) is 0.808. The largest absolute Gasteiger partial charge is 0.490 e. The number of aliphatic carboxylic acids is 1. The van der Waals surface area contributed by atoms with E-state index in [1.807, 2.05) is 49.4 Å². The normalized spacial score (nSPS) is 12.0. The number of benzene rings is 3. The highest BCUT2D eigenvalue weighted by Crippen LogP contribution is 2.19. The molecule has 0 saturated carbocycles. The molecule has 0 fully saturated rings. The van der Waals surface area contributed by atoms with Crippen molar-refractivity contribution in [3.8, 4) is 22.8 Å². The molecule has 0 aliphatic carbocycles. The topological polar surface area (TPSA) is 90.2 Å². The Kier molecular flexibility index (Phi) is 9.02. The molecule has 0 aliphatic rings. The van der Waals surface area contributed by atoms with Crippen LogP contribution in [0.15, 0.2) is 102 Å². The fraction of sp³-hybridized carbons (Fsp3) is 0.167. The zero-order chi connectivity index (χ0) is 26.7. The Bertz CT molecular complexity index is 1340. The van der Waals surface area contributed by atoms with Crippen LogP contribution in [-0.4, -0.2) is 41.1 Å². The average molecular weight is 515 g/mol. The Morgan fingerprint density at radius 2 is 1.63 bits per heavy atom. The molecular formula is C30H27FN2O5. The lowest BCUT2D eigenvalue weighted by atomic mass is 10.1. The summed E-state index contributed by atoms with van der Waals surface area (Å²) in [6, 6.07) is 26.0. The van der Waals surface area contributed by atoms with Gasteiger partial charge in [0.1, 0.15) is 23.9 Å². The predicted octanol–water partition coefficient (Wildman–Crippen LogP) is 5.78. The minimum atomic E-state index is -1.10. The average Bonchev–Trinajstić information content (AvgIpc) is 2.95. The molecule has 4 aromatic rings. The molecule has 3 aromatic carbocycles. The summed E-state index contributed by atoms with van der Waals surface area (Å²) in [5.74, 6) is -0.613. The van der Waals surface area contributed by atoms with Crippen molar-refractivity contribution in [1.29, 1.82) is 0 Å². The lowest BCUT2D eigenvalue weighted by Crippen LogP contribution is -2.29. The lowest BCUT2D eigenvalue weighted by molar-refractivity contribution is -0.145. The third-order valence-corrected chi connectivity index (χ3v) is 5.62. The van der Waals surface area contributed by atoms with Crippen LogP contribution in [0.2, 0.25) is 0 Å². The minimum Gasteiger partial charge on any atom is -0.490 e. The fourth-order valence-electron chi connectivity index (χ4n) is 3.60. The van der Waals surface area contributed by atoms with Crippen LogP contribution >= 0.6 is 0 Å². The Morgan fingerprint density at radius 3 is 2.29 bits per heavy atom. The standard InChI is InChI=1S/C30H27FN2O5/c1-21(23-7-9-24(10-8-23)28-4-2-3-17-32-28)33-37-19-18-36-26-13-5-22(6-14-26)20-29(30(34)35)38-27-15-11-25(31)12-16-27/h2-17,29H,18-20H2,1H3,(H,34,35)/b33-21+. The number of hydrogen-bond acceptors (Lipinski definition) is 6.